The van der Waals surface area contributed by atoms with Crippen molar-refractivity contribution in [3.63, 3.8) is 0 Å². The molecule has 0 spiro atoms. The highest BCUT2D eigenvalue weighted by Gasteiger charge is 2.21. The summed E-state index contributed by atoms with van der Waals surface area (Å²) < 4.78 is 0. The van der Waals surface area contributed by atoms with Gasteiger partial charge in [0, 0.05) is 0 Å². The highest BCUT2D eigenvalue weighted by molar-refractivity contribution is 6.43. The molecule has 0 aromatic heterocycles. The van der Waals surface area contributed by atoms with Gasteiger partial charge in [-0.2, -0.15) is 0 Å². The lowest BCUT2D eigenvalue weighted by Gasteiger charge is -2.10. The molecule has 308 valence electrons. The van der Waals surface area contributed by atoms with Crippen LogP contribution >= 0.6 is 0 Å². The summed E-state index contributed by atoms with van der Waals surface area (Å²) in [4.78, 5) is 0. The fourth-order valence-electron chi connectivity index (χ4n) is 13.4. The van der Waals surface area contributed by atoms with E-state index in [1.807, 2.05) is 0 Å². The van der Waals surface area contributed by atoms with Crippen molar-refractivity contribution in [3.05, 3.63) is 218 Å². The van der Waals surface area contributed by atoms with Crippen LogP contribution in [0.3, 0.4) is 0 Å². The third-order valence-corrected chi connectivity index (χ3v) is 16.2. The Morgan fingerprint density at radius 2 is 0.294 bits per heavy atom. The average Bonchev–Trinajstić information content (AvgIpc) is 4.10. The maximum atomic E-state index is 2.48. The van der Waals surface area contributed by atoms with E-state index in [1.54, 1.807) is 0 Å². The second-order valence-electron chi connectivity index (χ2n) is 19.4. The van der Waals surface area contributed by atoms with Crippen LogP contribution in [0.15, 0.2) is 218 Å². The highest BCUT2D eigenvalue weighted by Crippen LogP contribution is 2.50. The molecule has 0 saturated heterocycles. The van der Waals surface area contributed by atoms with E-state index in [-0.39, 0.29) is 0 Å². The molecule has 0 radical (unpaired) electrons. The molecule has 0 N–H and O–H groups in total. The van der Waals surface area contributed by atoms with Crippen LogP contribution in [0.25, 0.3) is 172 Å². The molecule has 0 nitrogen and oxygen atoms in total. The lowest BCUT2D eigenvalue weighted by Crippen LogP contribution is -1.82. The van der Waals surface area contributed by atoms with E-state index < -0.39 is 0 Å². The normalized spacial score (nSPS) is 12.7. The molecule has 18 rings (SSSR count). The van der Waals surface area contributed by atoms with Gasteiger partial charge in [0.05, 0.1) is 0 Å². The molecule has 0 aliphatic heterocycles. The molecule has 0 heterocycles. The van der Waals surface area contributed by atoms with Gasteiger partial charge in [-0.15, -0.1) is 0 Å². The Balaban J connectivity index is 0.000000119. The molecule has 18 aromatic rings. The smallest absolute Gasteiger partial charge is 0.00199 e. The molecular formula is C68H36. The van der Waals surface area contributed by atoms with Crippen LogP contribution in [-0.4, -0.2) is 0 Å². The Hall–Kier alpha value is -8.84. The van der Waals surface area contributed by atoms with Crippen LogP contribution in [-0.2, 0) is 0 Å². The van der Waals surface area contributed by atoms with E-state index in [2.05, 4.69) is 218 Å². The number of hydrogen-bond acceptors (Lipinski definition) is 0. The average molecular weight is 853 g/mol. The lowest BCUT2D eigenvalue weighted by molar-refractivity contribution is 1.81. The van der Waals surface area contributed by atoms with Gasteiger partial charge in [0.1, 0.15) is 0 Å². The van der Waals surface area contributed by atoms with Gasteiger partial charge in [-0.05, 0) is 221 Å². The number of rotatable bonds is 0. The van der Waals surface area contributed by atoms with E-state index in [0.29, 0.717) is 0 Å². The Morgan fingerprint density at radius 1 is 0.118 bits per heavy atom. The zero-order valence-electron chi connectivity index (χ0n) is 36.8. The first-order valence-corrected chi connectivity index (χ1v) is 23.9. The molecular weight excluding hydrogens is 817 g/mol. The molecule has 18 aromatic carbocycles. The van der Waals surface area contributed by atoms with E-state index in [4.69, 9.17) is 0 Å². The molecule has 0 aliphatic carbocycles. The Bertz CT molecular complexity index is 4860. The molecule has 0 atom stereocenters. The molecule has 0 amide bonds. The van der Waals surface area contributed by atoms with Crippen molar-refractivity contribution < 1.29 is 0 Å². The van der Waals surface area contributed by atoms with Gasteiger partial charge >= 0.3 is 0 Å². The SMILES string of the molecule is c1ccc2c(c1)c1cccc3c4cc5c6ccccc6c6cccc(c4cc2c13)c65.c1ccc2cc3c(cc2c1)c1cccc2c4cc5c6cc7ccccc7cc6c6cccc(c4cc3c12)c65. The molecule has 68 heavy (non-hydrogen) atoms. The zero-order valence-corrected chi connectivity index (χ0v) is 36.8. The van der Waals surface area contributed by atoms with E-state index >= 15 is 0 Å². The second-order valence-corrected chi connectivity index (χ2v) is 19.4. The minimum Gasteiger partial charge on any atom is -0.0616 e. The second kappa shape index (κ2) is 12.5. The number of fused-ring (bicyclic) bond motifs is 20. The topological polar surface area (TPSA) is 0 Å². The highest BCUT2D eigenvalue weighted by atomic mass is 14.2. The first-order chi connectivity index (χ1) is 33.7. The van der Waals surface area contributed by atoms with Crippen molar-refractivity contribution in [3.8, 4) is 0 Å². The minimum atomic E-state index is 1.30. The number of hydrogen-bond donors (Lipinski definition) is 0. The van der Waals surface area contributed by atoms with Crippen molar-refractivity contribution in [2.24, 2.45) is 0 Å². The van der Waals surface area contributed by atoms with Gasteiger partial charge < -0.3 is 0 Å². The Morgan fingerprint density at radius 3 is 0.574 bits per heavy atom. The largest absolute Gasteiger partial charge is 0.0616 e. The third-order valence-electron chi connectivity index (χ3n) is 16.2. The van der Waals surface area contributed by atoms with Crippen LogP contribution in [0.5, 0.6) is 0 Å². The van der Waals surface area contributed by atoms with Crippen LogP contribution in [0, 0.1) is 0 Å². The van der Waals surface area contributed by atoms with Gasteiger partial charge in [0.2, 0.25) is 0 Å². The summed E-state index contributed by atoms with van der Waals surface area (Å²) in [5.74, 6) is 0. The van der Waals surface area contributed by atoms with Crippen molar-refractivity contribution in [1.82, 2.24) is 0 Å². The van der Waals surface area contributed by atoms with E-state index in [9.17, 15) is 0 Å². The van der Waals surface area contributed by atoms with Crippen LogP contribution in [0.2, 0.25) is 0 Å². The predicted octanol–water partition coefficient (Wildman–Crippen LogP) is 19.6. The van der Waals surface area contributed by atoms with Crippen LogP contribution < -0.4 is 0 Å². The van der Waals surface area contributed by atoms with Crippen LogP contribution in [0.1, 0.15) is 0 Å². The van der Waals surface area contributed by atoms with E-state index in [1.165, 1.54) is 172 Å². The first kappa shape index (κ1) is 35.4. The first-order valence-electron chi connectivity index (χ1n) is 23.9. The monoisotopic (exact) mass is 852 g/mol. The molecule has 0 saturated carbocycles. The molecule has 0 aliphatic rings. The van der Waals surface area contributed by atoms with Crippen molar-refractivity contribution in [1.29, 1.82) is 0 Å². The quantitative estimate of drug-likeness (QED) is 0.133. The van der Waals surface area contributed by atoms with Gasteiger partial charge in [-0.3, -0.25) is 0 Å². The number of benzene rings is 14. The summed E-state index contributed by atoms with van der Waals surface area (Å²) in [6.07, 6.45) is 0. The zero-order chi connectivity index (χ0) is 43.9. The summed E-state index contributed by atoms with van der Waals surface area (Å²) in [6.45, 7) is 0. The summed E-state index contributed by atoms with van der Waals surface area (Å²) in [7, 11) is 0. The fraction of sp³-hybridized carbons (Fsp3) is 0. The minimum absolute atomic E-state index is 1.30. The predicted molar refractivity (Wildman–Crippen MR) is 298 cm³/mol. The standard InChI is InChI=1S/C38H20.C30H16/c1-3-9-23-17-31-29(15-21(23)7-1)25-11-5-13-27-34-20-36-32-18-24-10-4-2-8-22(24)16-30(32)26-12-6-14-28(38(26)36)33(34)19-35(31)37(25)27;1-3-9-19-17(7-1)21-11-5-13-23-26-16-28-20-10-4-2-8-18(20)22-12-6-14-24(30(22)28)25(26)15-27(19)29(21)23/h1-20H;1-16H. The van der Waals surface area contributed by atoms with Crippen molar-refractivity contribution >= 4 is 172 Å². The van der Waals surface area contributed by atoms with Gasteiger partial charge in [0.15, 0.2) is 0 Å². The summed E-state index contributed by atoms with van der Waals surface area (Å²) >= 11 is 0. The lowest BCUT2D eigenvalue weighted by atomic mass is 9.93. The van der Waals surface area contributed by atoms with Crippen molar-refractivity contribution in [2.75, 3.05) is 0 Å². The molecule has 0 heteroatoms. The fourth-order valence-corrected chi connectivity index (χ4v) is 13.4. The molecule has 0 bridgehead atoms. The third kappa shape index (κ3) is 4.37. The Labute approximate surface area is 388 Å². The summed E-state index contributed by atoms with van der Waals surface area (Å²) in [5, 5.41) is 43.4. The van der Waals surface area contributed by atoms with Gasteiger partial charge in [-0.25, -0.2) is 0 Å². The van der Waals surface area contributed by atoms with Crippen LogP contribution in [0.4, 0.5) is 0 Å². The molecule has 0 unspecified atom stereocenters. The van der Waals surface area contributed by atoms with Gasteiger partial charge in [0.25, 0.3) is 0 Å². The van der Waals surface area contributed by atoms with E-state index in [0.717, 1.165) is 0 Å². The van der Waals surface area contributed by atoms with Crippen molar-refractivity contribution in [2.45, 2.75) is 0 Å². The maximum Gasteiger partial charge on any atom is -0.00199 e. The summed E-state index contributed by atoms with van der Waals surface area (Å²) in [5.41, 5.74) is 0. The Kier molecular flexibility index (Phi) is 6.53. The maximum absolute atomic E-state index is 2.48. The van der Waals surface area contributed by atoms with Gasteiger partial charge in [-0.1, -0.05) is 170 Å². The molecule has 0 fully saturated rings. The summed E-state index contributed by atoms with van der Waals surface area (Å²) in [6, 6.07) is 81.9.